The number of hydrogen-bond acceptors (Lipinski definition) is 6. The van der Waals surface area contributed by atoms with Gasteiger partial charge in [0.15, 0.2) is 0 Å². The summed E-state index contributed by atoms with van der Waals surface area (Å²) < 4.78 is 3.38. The third-order valence-electron chi connectivity index (χ3n) is 5.53. The van der Waals surface area contributed by atoms with Crippen molar-refractivity contribution in [2.24, 2.45) is 0 Å². The number of benzene rings is 1. The fourth-order valence-corrected chi connectivity index (χ4v) is 5.79. The number of amides is 1. The number of aryl methyl sites for hydroxylation is 2. The number of para-hydroxylation sites is 1. The zero-order valence-electron chi connectivity index (χ0n) is 17.0. The molecule has 0 N–H and O–H groups in total. The number of thioether (sulfide) groups is 1. The lowest BCUT2D eigenvalue weighted by Gasteiger charge is -2.36. The number of carbonyl (C=O) groups excluding carboxylic acids is 1. The van der Waals surface area contributed by atoms with Crippen molar-refractivity contribution in [3.8, 4) is 0 Å². The van der Waals surface area contributed by atoms with Crippen molar-refractivity contribution in [3.63, 3.8) is 0 Å². The van der Waals surface area contributed by atoms with Crippen molar-refractivity contribution in [2.45, 2.75) is 18.9 Å². The van der Waals surface area contributed by atoms with Crippen LogP contribution in [0.3, 0.4) is 0 Å². The second-order valence-electron chi connectivity index (χ2n) is 7.52. The molecule has 1 amide bonds. The third-order valence-corrected chi connectivity index (χ3v) is 7.47. The van der Waals surface area contributed by atoms with Gasteiger partial charge in [-0.25, -0.2) is 0 Å². The van der Waals surface area contributed by atoms with E-state index in [1.165, 1.54) is 32.5 Å². The number of piperazine rings is 1. The van der Waals surface area contributed by atoms with Crippen LogP contribution in [-0.4, -0.2) is 57.3 Å². The van der Waals surface area contributed by atoms with Crippen LogP contribution in [0, 0.1) is 13.8 Å². The first kappa shape index (κ1) is 19.4. The Morgan fingerprint density at radius 3 is 2.57 bits per heavy atom. The molecular formula is C22H23N5OS2. The van der Waals surface area contributed by atoms with Crippen molar-refractivity contribution >= 4 is 50.4 Å². The second-order valence-corrected chi connectivity index (χ2v) is 9.77. The van der Waals surface area contributed by atoms with Gasteiger partial charge in [0.25, 0.3) is 0 Å². The maximum absolute atomic E-state index is 12.8. The molecule has 0 radical (unpaired) electrons. The zero-order valence-corrected chi connectivity index (χ0v) is 18.7. The van der Waals surface area contributed by atoms with Crippen LogP contribution in [0.2, 0.25) is 0 Å². The van der Waals surface area contributed by atoms with Crippen LogP contribution in [0.15, 0.2) is 47.5 Å². The van der Waals surface area contributed by atoms with Crippen LogP contribution in [0.25, 0.3) is 15.7 Å². The smallest absolute Gasteiger partial charge is 0.233 e. The summed E-state index contributed by atoms with van der Waals surface area (Å²) in [6.07, 6.45) is 0. The Balaban J connectivity index is 1.26. The van der Waals surface area contributed by atoms with Crippen molar-refractivity contribution in [1.29, 1.82) is 0 Å². The summed E-state index contributed by atoms with van der Waals surface area (Å²) in [5.74, 6) is 1.42. The van der Waals surface area contributed by atoms with Gasteiger partial charge in [0, 0.05) is 36.7 Å². The Hall–Kier alpha value is -2.58. The first-order valence-electron chi connectivity index (χ1n) is 10.1. The average Bonchev–Trinajstić information content (AvgIpc) is 3.30. The third kappa shape index (κ3) is 3.54. The highest BCUT2D eigenvalue weighted by Gasteiger charge is 2.22. The summed E-state index contributed by atoms with van der Waals surface area (Å²) in [6.45, 7) is 7.32. The SMILES string of the molecule is Cc1cc2c(cc3c(SCC(=O)N4CCN(c5ccccc5)CC4)nnc(C)n32)s1. The van der Waals surface area contributed by atoms with Crippen LogP contribution in [0.4, 0.5) is 5.69 Å². The Morgan fingerprint density at radius 1 is 1.03 bits per heavy atom. The molecular weight excluding hydrogens is 414 g/mol. The minimum atomic E-state index is 0.164. The molecule has 8 heteroatoms. The first-order chi connectivity index (χ1) is 14.6. The molecule has 6 nitrogen and oxygen atoms in total. The molecule has 0 spiro atoms. The maximum Gasteiger partial charge on any atom is 0.233 e. The molecule has 0 unspecified atom stereocenters. The van der Waals surface area contributed by atoms with E-state index in [9.17, 15) is 4.79 Å². The lowest BCUT2D eigenvalue weighted by atomic mass is 10.2. The number of nitrogens with zero attached hydrogens (tertiary/aromatic N) is 5. The summed E-state index contributed by atoms with van der Waals surface area (Å²) in [5, 5.41) is 9.55. The summed E-state index contributed by atoms with van der Waals surface area (Å²) in [6, 6.07) is 14.7. The monoisotopic (exact) mass is 437 g/mol. The standard InChI is InChI=1S/C22H23N5OS2/c1-15-12-18-20(30-15)13-19-22(24-23-16(2)27(18)19)29-14-21(28)26-10-8-25(9-11-26)17-6-4-3-5-7-17/h3-7,12-13H,8-11,14H2,1-2H3. The van der Waals surface area contributed by atoms with E-state index in [2.05, 4.69) is 62.8 Å². The molecule has 4 aromatic rings. The highest BCUT2D eigenvalue weighted by Crippen LogP contribution is 2.33. The Bertz CT molecular complexity index is 1210. The summed E-state index contributed by atoms with van der Waals surface area (Å²) in [4.78, 5) is 18.4. The minimum absolute atomic E-state index is 0.164. The van der Waals surface area contributed by atoms with Crippen LogP contribution in [0.1, 0.15) is 10.7 Å². The predicted molar refractivity (Wildman–Crippen MR) is 124 cm³/mol. The number of aromatic nitrogens is 3. The summed E-state index contributed by atoms with van der Waals surface area (Å²) >= 11 is 3.26. The van der Waals surface area contributed by atoms with Crippen molar-refractivity contribution < 1.29 is 4.79 Å². The number of rotatable bonds is 4. The van der Waals surface area contributed by atoms with E-state index in [0.29, 0.717) is 5.75 Å². The molecule has 0 bridgehead atoms. The fourth-order valence-electron chi connectivity index (χ4n) is 4.01. The van der Waals surface area contributed by atoms with Crippen molar-refractivity contribution in [3.05, 3.63) is 53.2 Å². The quantitative estimate of drug-likeness (QED) is 0.452. The molecule has 1 saturated heterocycles. The van der Waals surface area contributed by atoms with Gasteiger partial charge in [-0.05, 0) is 38.1 Å². The van der Waals surface area contributed by atoms with Crippen molar-refractivity contribution in [2.75, 3.05) is 36.8 Å². The number of thiophene rings is 1. The minimum Gasteiger partial charge on any atom is -0.368 e. The lowest BCUT2D eigenvalue weighted by molar-refractivity contribution is -0.128. The van der Waals surface area contributed by atoms with Gasteiger partial charge in [-0.3, -0.25) is 9.20 Å². The maximum atomic E-state index is 12.8. The van der Waals surface area contributed by atoms with E-state index in [0.717, 1.165) is 42.5 Å². The van der Waals surface area contributed by atoms with Gasteiger partial charge in [-0.2, -0.15) is 0 Å². The molecule has 0 aliphatic carbocycles. The van der Waals surface area contributed by atoms with Gasteiger partial charge < -0.3 is 9.80 Å². The summed E-state index contributed by atoms with van der Waals surface area (Å²) in [5.41, 5.74) is 3.43. The van der Waals surface area contributed by atoms with Crippen LogP contribution < -0.4 is 4.90 Å². The lowest BCUT2D eigenvalue weighted by Crippen LogP contribution is -2.49. The molecule has 1 aliphatic rings. The fraction of sp³-hybridized carbons (Fsp3) is 0.318. The Labute approximate surface area is 183 Å². The van der Waals surface area contributed by atoms with E-state index in [1.54, 1.807) is 11.3 Å². The van der Waals surface area contributed by atoms with Gasteiger partial charge >= 0.3 is 0 Å². The highest BCUT2D eigenvalue weighted by atomic mass is 32.2. The molecule has 1 aliphatic heterocycles. The number of carbonyl (C=O) groups is 1. The number of anilines is 1. The molecule has 0 atom stereocenters. The molecule has 154 valence electrons. The molecule has 3 aromatic heterocycles. The average molecular weight is 438 g/mol. The molecule has 1 aromatic carbocycles. The van der Waals surface area contributed by atoms with E-state index in [-0.39, 0.29) is 5.91 Å². The van der Waals surface area contributed by atoms with Crippen LogP contribution in [-0.2, 0) is 4.79 Å². The highest BCUT2D eigenvalue weighted by molar-refractivity contribution is 8.00. The molecule has 5 rings (SSSR count). The number of hydrogen-bond donors (Lipinski definition) is 0. The van der Waals surface area contributed by atoms with Crippen molar-refractivity contribution in [1.82, 2.24) is 19.5 Å². The van der Waals surface area contributed by atoms with E-state index in [4.69, 9.17) is 0 Å². The normalized spacial score (nSPS) is 14.7. The van der Waals surface area contributed by atoms with Crippen LogP contribution in [0.5, 0.6) is 0 Å². The predicted octanol–water partition coefficient (Wildman–Crippen LogP) is 4.00. The molecule has 4 heterocycles. The van der Waals surface area contributed by atoms with Gasteiger partial charge in [-0.15, -0.1) is 21.5 Å². The van der Waals surface area contributed by atoms with Gasteiger partial charge in [0.2, 0.25) is 5.91 Å². The molecule has 0 saturated carbocycles. The number of fused-ring (bicyclic) bond motifs is 3. The Morgan fingerprint density at radius 2 is 1.80 bits per heavy atom. The van der Waals surface area contributed by atoms with E-state index >= 15 is 0 Å². The zero-order chi connectivity index (χ0) is 20.7. The van der Waals surface area contributed by atoms with Gasteiger partial charge in [0.1, 0.15) is 10.9 Å². The molecule has 1 fully saturated rings. The van der Waals surface area contributed by atoms with Gasteiger partial charge in [0.05, 0.1) is 21.5 Å². The molecule has 30 heavy (non-hydrogen) atoms. The Kier molecular flexibility index (Phi) is 5.12. The van der Waals surface area contributed by atoms with Crippen LogP contribution >= 0.6 is 23.1 Å². The van der Waals surface area contributed by atoms with Gasteiger partial charge in [-0.1, -0.05) is 30.0 Å². The second kappa shape index (κ2) is 7.92. The summed E-state index contributed by atoms with van der Waals surface area (Å²) in [7, 11) is 0. The van der Waals surface area contributed by atoms with E-state index in [1.807, 2.05) is 17.9 Å². The topological polar surface area (TPSA) is 53.7 Å². The largest absolute Gasteiger partial charge is 0.368 e. The van der Waals surface area contributed by atoms with E-state index < -0.39 is 0 Å². The first-order valence-corrected chi connectivity index (χ1v) is 11.9.